The Bertz CT molecular complexity index is 406. The van der Waals surface area contributed by atoms with Crippen molar-refractivity contribution in [2.24, 2.45) is 5.92 Å². The lowest BCUT2D eigenvalue weighted by molar-refractivity contribution is 0.0936. The number of halogens is 1. The fourth-order valence-corrected chi connectivity index (χ4v) is 2.16. The van der Waals surface area contributed by atoms with Gasteiger partial charge in [0.25, 0.3) is 5.91 Å². The number of amides is 1. The van der Waals surface area contributed by atoms with E-state index in [9.17, 15) is 4.79 Å². The molecule has 0 heterocycles. The monoisotopic (exact) mass is 271 g/mol. The molecule has 0 radical (unpaired) electrons. The van der Waals surface area contributed by atoms with Crippen molar-refractivity contribution in [2.75, 3.05) is 0 Å². The molecule has 0 aromatic heterocycles. The maximum absolute atomic E-state index is 12.0. The fraction of sp³-hybridized carbons (Fsp3) is 0.462. The highest BCUT2D eigenvalue weighted by Gasteiger charge is 2.14. The van der Waals surface area contributed by atoms with Crippen LogP contribution in [0.3, 0.4) is 0 Å². The molecule has 1 atom stereocenters. The van der Waals surface area contributed by atoms with Crippen molar-refractivity contribution in [3.05, 3.63) is 28.8 Å². The van der Waals surface area contributed by atoms with E-state index >= 15 is 0 Å². The van der Waals surface area contributed by atoms with E-state index in [4.69, 9.17) is 11.6 Å². The maximum Gasteiger partial charge on any atom is 0.253 e. The zero-order valence-electron chi connectivity index (χ0n) is 10.3. The Morgan fingerprint density at radius 3 is 2.65 bits per heavy atom. The van der Waals surface area contributed by atoms with Crippen LogP contribution in [0.15, 0.2) is 23.1 Å². The van der Waals surface area contributed by atoms with Crippen molar-refractivity contribution in [2.45, 2.75) is 38.1 Å². The van der Waals surface area contributed by atoms with Crippen LogP contribution in [-0.4, -0.2) is 11.9 Å². The van der Waals surface area contributed by atoms with Crippen LogP contribution in [0.4, 0.5) is 0 Å². The van der Waals surface area contributed by atoms with Gasteiger partial charge in [-0.2, -0.15) is 0 Å². The van der Waals surface area contributed by atoms with Crippen LogP contribution in [0.25, 0.3) is 0 Å². The molecule has 4 heteroatoms. The smallest absolute Gasteiger partial charge is 0.253 e. The number of nitrogens with one attached hydrogen (secondary N) is 1. The molecule has 2 nitrogen and oxygen atoms in total. The van der Waals surface area contributed by atoms with E-state index in [1.54, 1.807) is 18.2 Å². The minimum absolute atomic E-state index is 0.140. The first kappa shape index (κ1) is 14.4. The van der Waals surface area contributed by atoms with E-state index in [1.165, 1.54) is 0 Å². The first-order valence-electron chi connectivity index (χ1n) is 5.69. The molecule has 1 aromatic carbocycles. The van der Waals surface area contributed by atoms with Crippen LogP contribution in [0.1, 0.15) is 37.6 Å². The molecule has 0 aliphatic carbocycles. The number of rotatable bonds is 4. The average Bonchev–Trinajstić information content (AvgIpc) is 2.20. The maximum atomic E-state index is 12.0. The number of hydrogen-bond donors (Lipinski definition) is 2. The van der Waals surface area contributed by atoms with E-state index in [2.05, 4.69) is 31.8 Å². The summed E-state index contributed by atoms with van der Waals surface area (Å²) in [5, 5.41) is 3.39. The van der Waals surface area contributed by atoms with Crippen molar-refractivity contribution in [3.63, 3.8) is 0 Å². The predicted molar refractivity (Wildman–Crippen MR) is 75.1 cm³/mol. The van der Waals surface area contributed by atoms with Crippen LogP contribution in [0, 0.1) is 5.92 Å². The van der Waals surface area contributed by atoms with Crippen LogP contribution in [0.2, 0.25) is 5.02 Å². The highest BCUT2D eigenvalue weighted by Crippen LogP contribution is 2.19. The Morgan fingerprint density at radius 1 is 1.41 bits per heavy atom. The summed E-state index contributed by atoms with van der Waals surface area (Å²) < 4.78 is 0. The number of thiol groups is 1. The Hall–Kier alpha value is -0.670. The van der Waals surface area contributed by atoms with Gasteiger partial charge in [-0.15, -0.1) is 12.6 Å². The van der Waals surface area contributed by atoms with Crippen molar-refractivity contribution in [1.29, 1.82) is 0 Å². The van der Waals surface area contributed by atoms with E-state index in [0.29, 0.717) is 16.5 Å². The molecular weight excluding hydrogens is 254 g/mol. The quantitative estimate of drug-likeness (QED) is 0.802. The van der Waals surface area contributed by atoms with E-state index < -0.39 is 0 Å². The van der Waals surface area contributed by atoms with Gasteiger partial charge in [-0.1, -0.05) is 25.4 Å². The summed E-state index contributed by atoms with van der Waals surface area (Å²) in [5.74, 6) is 0.413. The summed E-state index contributed by atoms with van der Waals surface area (Å²) in [6.45, 7) is 6.25. The number of hydrogen-bond acceptors (Lipinski definition) is 2. The number of carbonyl (C=O) groups excluding carboxylic acids is 1. The highest BCUT2D eigenvalue weighted by molar-refractivity contribution is 7.80. The largest absolute Gasteiger partial charge is 0.350 e. The highest BCUT2D eigenvalue weighted by atomic mass is 35.5. The molecule has 0 saturated heterocycles. The second kappa shape index (κ2) is 6.31. The first-order chi connectivity index (χ1) is 7.90. The average molecular weight is 272 g/mol. The van der Waals surface area contributed by atoms with Gasteiger partial charge in [0.1, 0.15) is 0 Å². The molecule has 0 aliphatic heterocycles. The van der Waals surface area contributed by atoms with Crippen molar-refractivity contribution < 1.29 is 4.79 Å². The van der Waals surface area contributed by atoms with Gasteiger partial charge < -0.3 is 5.32 Å². The van der Waals surface area contributed by atoms with Gasteiger partial charge in [-0.3, -0.25) is 4.79 Å². The SMILES string of the molecule is CC(C)CC(C)NC(=O)c1cc(S)ccc1Cl. The number of benzene rings is 1. The molecule has 17 heavy (non-hydrogen) atoms. The van der Waals surface area contributed by atoms with Gasteiger partial charge in [0.2, 0.25) is 0 Å². The molecule has 0 saturated carbocycles. The van der Waals surface area contributed by atoms with Gasteiger partial charge in [-0.05, 0) is 37.5 Å². The lowest BCUT2D eigenvalue weighted by Gasteiger charge is -2.16. The molecule has 0 spiro atoms. The van der Waals surface area contributed by atoms with E-state index in [-0.39, 0.29) is 11.9 Å². The molecular formula is C13H18ClNOS. The van der Waals surface area contributed by atoms with Crippen LogP contribution in [0.5, 0.6) is 0 Å². The minimum atomic E-state index is -0.140. The molecule has 1 amide bonds. The third kappa shape index (κ3) is 4.60. The summed E-state index contributed by atoms with van der Waals surface area (Å²) in [4.78, 5) is 12.7. The molecule has 1 unspecified atom stereocenters. The Balaban J connectivity index is 2.73. The van der Waals surface area contributed by atoms with Gasteiger partial charge in [0.05, 0.1) is 10.6 Å². The van der Waals surface area contributed by atoms with Crippen LogP contribution >= 0.6 is 24.2 Å². The van der Waals surface area contributed by atoms with Crippen LogP contribution in [-0.2, 0) is 0 Å². The lowest BCUT2D eigenvalue weighted by Crippen LogP contribution is -2.33. The van der Waals surface area contributed by atoms with Gasteiger partial charge in [0.15, 0.2) is 0 Å². The molecule has 1 rings (SSSR count). The zero-order valence-corrected chi connectivity index (χ0v) is 12.0. The molecule has 0 fully saturated rings. The van der Waals surface area contributed by atoms with Gasteiger partial charge in [-0.25, -0.2) is 0 Å². The van der Waals surface area contributed by atoms with Crippen molar-refractivity contribution in [3.8, 4) is 0 Å². The number of carbonyl (C=O) groups is 1. The molecule has 1 aromatic rings. The lowest BCUT2D eigenvalue weighted by atomic mass is 10.0. The summed E-state index contributed by atoms with van der Waals surface area (Å²) >= 11 is 10.2. The Kier molecular flexibility index (Phi) is 5.34. The topological polar surface area (TPSA) is 29.1 Å². The fourth-order valence-electron chi connectivity index (χ4n) is 1.75. The summed E-state index contributed by atoms with van der Waals surface area (Å²) in [5.41, 5.74) is 0.481. The zero-order chi connectivity index (χ0) is 13.0. The standard InChI is InChI=1S/C13H18ClNOS/c1-8(2)6-9(3)15-13(16)11-7-10(17)4-5-12(11)14/h4-5,7-9,17H,6H2,1-3H3,(H,15,16). The van der Waals surface area contributed by atoms with Gasteiger partial charge in [0, 0.05) is 10.9 Å². The Labute approximate surface area is 113 Å². The third-order valence-corrected chi connectivity index (χ3v) is 3.00. The second-order valence-corrected chi connectivity index (χ2v) is 5.59. The van der Waals surface area contributed by atoms with Gasteiger partial charge >= 0.3 is 0 Å². The van der Waals surface area contributed by atoms with E-state index in [0.717, 1.165) is 11.3 Å². The normalized spacial score (nSPS) is 12.6. The van der Waals surface area contributed by atoms with Crippen molar-refractivity contribution in [1.82, 2.24) is 5.32 Å². The molecule has 94 valence electrons. The van der Waals surface area contributed by atoms with Crippen molar-refractivity contribution >= 4 is 30.1 Å². The third-order valence-electron chi connectivity index (χ3n) is 2.40. The first-order valence-corrected chi connectivity index (χ1v) is 6.52. The minimum Gasteiger partial charge on any atom is -0.350 e. The molecule has 0 aliphatic rings. The van der Waals surface area contributed by atoms with E-state index in [1.807, 2.05) is 6.92 Å². The predicted octanol–water partition coefficient (Wildman–Crippen LogP) is 3.79. The summed E-state index contributed by atoms with van der Waals surface area (Å²) in [6.07, 6.45) is 0.948. The second-order valence-electron chi connectivity index (χ2n) is 4.67. The summed E-state index contributed by atoms with van der Waals surface area (Å²) in [7, 11) is 0. The summed E-state index contributed by atoms with van der Waals surface area (Å²) in [6, 6.07) is 5.27. The molecule has 1 N–H and O–H groups in total. The molecule has 0 bridgehead atoms. The Morgan fingerprint density at radius 2 is 2.06 bits per heavy atom. The van der Waals surface area contributed by atoms with Crippen LogP contribution < -0.4 is 5.32 Å².